The van der Waals surface area contributed by atoms with E-state index in [9.17, 15) is 4.79 Å². The minimum atomic E-state index is -0.148. The van der Waals surface area contributed by atoms with Gasteiger partial charge < -0.3 is 15.1 Å². The molecule has 4 heterocycles. The van der Waals surface area contributed by atoms with Gasteiger partial charge in [-0.2, -0.15) is 0 Å². The zero-order chi connectivity index (χ0) is 22.6. The van der Waals surface area contributed by atoms with Crippen molar-refractivity contribution in [1.29, 1.82) is 0 Å². The van der Waals surface area contributed by atoms with Gasteiger partial charge in [-0.05, 0) is 60.3 Å². The van der Waals surface area contributed by atoms with E-state index in [0.29, 0.717) is 0 Å². The molecule has 1 N–H and O–H groups in total. The lowest BCUT2D eigenvalue weighted by Gasteiger charge is -2.35. The SMILES string of the molecule is Cc1cc(N2CCN(c3ncccn3)CC2)nc2ccc(NC(=O)C=Cc3cccs3)cc12. The molecule has 4 aromatic rings. The Morgan fingerprint density at radius 1 is 1.03 bits per heavy atom. The molecule has 1 amide bonds. The number of pyridine rings is 1. The zero-order valence-corrected chi connectivity index (χ0v) is 19.1. The Kier molecular flexibility index (Phi) is 5.99. The van der Waals surface area contributed by atoms with E-state index in [1.165, 1.54) is 0 Å². The van der Waals surface area contributed by atoms with Crippen molar-refractivity contribution in [2.24, 2.45) is 0 Å². The van der Waals surface area contributed by atoms with E-state index in [-0.39, 0.29) is 5.91 Å². The van der Waals surface area contributed by atoms with Gasteiger partial charge in [0, 0.05) is 60.6 Å². The fraction of sp³-hybridized carbons (Fsp3) is 0.200. The topological polar surface area (TPSA) is 74.2 Å². The van der Waals surface area contributed by atoms with Crippen molar-refractivity contribution in [3.8, 4) is 0 Å². The first-order valence-electron chi connectivity index (χ1n) is 10.9. The number of aryl methyl sites for hydroxylation is 1. The molecule has 0 spiro atoms. The summed E-state index contributed by atoms with van der Waals surface area (Å²) >= 11 is 1.60. The molecule has 0 bridgehead atoms. The van der Waals surface area contributed by atoms with Crippen molar-refractivity contribution in [2.75, 3.05) is 41.3 Å². The Morgan fingerprint density at radius 3 is 2.58 bits per heavy atom. The molecular formula is C25H24N6OS. The number of fused-ring (bicyclic) bond motifs is 1. The molecule has 0 saturated carbocycles. The Morgan fingerprint density at radius 2 is 1.82 bits per heavy atom. The van der Waals surface area contributed by atoms with Crippen LogP contribution >= 0.6 is 11.3 Å². The van der Waals surface area contributed by atoms with Crippen molar-refractivity contribution in [3.63, 3.8) is 0 Å². The molecule has 1 fully saturated rings. The van der Waals surface area contributed by atoms with Crippen molar-refractivity contribution < 1.29 is 4.79 Å². The maximum atomic E-state index is 12.3. The average molecular weight is 457 g/mol. The maximum absolute atomic E-state index is 12.3. The molecule has 3 aromatic heterocycles. The third-order valence-corrected chi connectivity index (χ3v) is 6.49. The third-order valence-electron chi connectivity index (χ3n) is 5.65. The highest BCUT2D eigenvalue weighted by atomic mass is 32.1. The van der Waals surface area contributed by atoms with Crippen LogP contribution in [-0.2, 0) is 4.79 Å². The van der Waals surface area contributed by atoms with Gasteiger partial charge in [0.05, 0.1) is 5.52 Å². The van der Waals surface area contributed by atoms with Crippen LogP contribution in [0.4, 0.5) is 17.5 Å². The quantitative estimate of drug-likeness (QED) is 0.450. The predicted octanol–water partition coefficient (Wildman–Crippen LogP) is 4.37. The zero-order valence-electron chi connectivity index (χ0n) is 18.3. The van der Waals surface area contributed by atoms with Gasteiger partial charge >= 0.3 is 0 Å². The lowest BCUT2D eigenvalue weighted by atomic mass is 10.1. The van der Waals surface area contributed by atoms with Crippen molar-refractivity contribution >= 4 is 51.7 Å². The molecule has 8 heteroatoms. The first-order chi connectivity index (χ1) is 16.2. The second-order valence-electron chi connectivity index (χ2n) is 7.89. The highest BCUT2D eigenvalue weighted by Gasteiger charge is 2.20. The standard InChI is InChI=1S/C25H24N6OS/c1-18-16-23(30-11-13-31(14-12-30)25-26-9-3-10-27-25)29-22-7-5-19(17-21(18)22)28-24(32)8-6-20-4-2-15-33-20/h2-10,15-17H,11-14H2,1H3,(H,28,32). The maximum Gasteiger partial charge on any atom is 0.248 e. The molecule has 0 atom stereocenters. The van der Waals surface area contributed by atoms with E-state index in [1.54, 1.807) is 29.8 Å². The summed E-state index contributed by atoms with van der Waals surface area (Å²) < 4.78 is 0. The number of benzene rings is 1. The largest absolute Gasteiger partial charge is 0.353 e. The molecule has 5 rings (SSSR count). The number of carbonyl (C=O) groups excluding carboxylic acids is 1. The van der Waals surface area contributed by atoms with Crippen LogP contribution in [-0.4, -0.2) is 47.0 Å². The number of nitrogens with one attached hydrogen (secondary N) is 1. The third kappa shape index (κ3) is 4.85. The summed E-state index contributed by atoms with van der Waals surface area (Å²) in [6.07, 6.45) is 6.94. The summed E-state index contributed by atoms with van der Waals surface area (Å²) in [5.74, 6) is 1.61. The minimum absolute atomic E-state index is 0.148. The van der Waals surface area contributed by atoms with Crippen LogP contribution in [0, 0.1) is 6.92 Å². The Bertz CT molecular complexity index is 1280. The normalized spacial score (nSPS) is 14.2. The van der Waals surface area contributed by atoms with Crippen LogP contribution in [0.3, 0.4) is 0 Å². The second kappa shape index (κ2) is 9.38. The number of carbonyl (C=O) groups is 1. The number of hydrogen-bond donors (Lipinski definition) is 1. The van der Waals surface area contributed by atoms with Crippen LogP contribution < -0.4 is 15.1 Å². The smallest absolute Gasteiger partial charge is 0.248 e. The van der Waals surface area contributed by atoms with Crippen molar-refractivity contribution in [3.05, 3.63) is 76.8 Å². The highest BCUT2D eigenvalue weighted by molar-refractivity contribution is 7.10. The molecule has 166 valence electrons. The van der Waals surface area contributed by atoms with Crippen LogP contribution in [0.2, 0.25) is 0 Å². The number of thiophene rings is 1. The molecule has 1 saturated heterocycles. The molecule has 0 unspecified atom stereocenters. The summed E-state index contributed by atoms with van der Waals surface area (Å²) in [5, 5.41) is 5.97. The predicted molar refractivity (Wildman–Crippen MR) is 135 cm³/mol. The van der Waals surface area contributed by atoms with Crippen LogP contribution in [0.1, 0.15) is 10.4 Å². The molecule has 1 aliphatic heterocycles. The first kappa shape index (κ1) is 21.1. The number of anilines is 3. The monoisotopic (exact) mass is 456 g/mol. The van der Waals surface area contributed by atoms with E-state index < -0.39 is 0 Å². The van der Waals surface area contributed by atoms with Gasteiger partial charge in [0.15, 0.2) is 0 Å². The van der Waals surface area contributed by atoms with Gasteiger partial charge in [0.1, 0.15) is 5.82 Å². The number of rotatable bonds is 5. The van der Waals surface area contributed by atoms with E-state index >= 15 is 0 Å². The number of nitrogens with zero attached hydrogens (tertiary/aromatic N) is 5. The lowest BCUT2D eigenvalue weighted by molar-refractivity contribution is -0.111. The van der Waals surface area contributed by atoms with E-state index in [1.807, 2.05) is 47.9 Å². The van der Waals surface area contributed by atoms with Crippen molar-refractivity contribution in [2.45, 2.75) is 6.92 Å². The van der Waals surface area contributed by atoms with Gasteiger partial charge in [-0.15, -0.1) is 11.3 Å². The van der Waals surface area contributed by atoms with Gasteiger partial charge in [-0.1, -0.05) is 6.07 Å². The summed E-state index contributed by atoms with van der Waals surface area (Å²) in [5.41, 5.74) is 2.82. The van der Waals surface area contributed by atoms with E-state index in [0.717, 1.165) is 65.0 Å². The fourth-order valence-corrected chi connectivity index (χ4v) is 4.55. The lowest BCUT2D eigenvalue weighted by Crippen LogP contribution is -2.47. The van der Waals surface area contributed by atoms with E-state index in [2.05, 4.69) is 38.1 Å². The second-order valence-corrected chi connectivity index (χ2v) is 8.87. The molecule has 1 aromatic carbocycles. The summed E-state index contributed by atoms with van der Waals surface area (Å²) in [6, 6.07) is 13.8. The summed E-state index contributed by atoms with van der Waals surface area (Å²) in [6.45, 7) is 5.52. The van der Waals surface area contributed by atoms with Crippen LogP contribution in [0.5, 0.6) is 0 Å². The van der Waals surface area contributed by atoms with Crippen LogP contribution in [0.15, 0.2) is 66.3 Å². The number of aromatic nitrogens is 3. The highest BCUT2D eigenvalue weighted by Crippen LogP contribution is 2.26. The minimum Gasteiger partial charge on any atom is -0.353 e. The first-order valence-corrected chi connectivity index (χ1v) is 11.7. The summed E-state index contributed by atoms with van der Waals surface area (Å²) in [4.78, 5) is 31.5. The average Bonchev–Trinajstić information content (AvgIpc) is 3.38. The number of hydrogen-bond acceptors (Lipinski definition) is 7. The molecule has 0 aliphatic carbocycles. The van der Waals surface area contributed by atoms with E-state index in [4.69, 9.17) is 4.98 Å². The van der Waals surface area contributed by atoms with Gasteiger partial charge in [0.25, 0.3) is 0 Å². The van der Waals surface area contributed by atoms with Crippen molar-refractivity contribution in [1.82, 2.24) is 15.0 Å². The molecule has 1 aliphatic rings. The molecular weight excluding hydrogens is 432 g/mol. The fourth-order valence-electron chi connectivity index (χ4n) is 3.93. The molecule has 33 heavy (non-hydrogen) atoms. The van der Waals surface area contributed by atoms with Gasteiger partial charge in [0.2, 0.25) is 11.9 Å². The van der Waals surface area contributed by atoms with Crippen LogP contribution in [0.25, 0.3) is 17.0 Å². The number of piperazine rings is 1. The Hall–Kier alpha value is -3.78. The number of amides is 1. The van der Waals surface area contributed by atoms with Gasteiger partial charge in [-0.25, -0.2) is 15.0 Å². The Balaban J connectivity index is 1.28. The Labute approximate surface area is 196 Å². The molecule has 7 nitrogen and oxygen atoms in total. The summed E-state index contributed by atoms with van der Waals surface area (Å²) in [7, 11) is 0. The molecule has 0 radical (unpaired) electrons. The van der Waals surface area contributed by atoms with Gasteiger partial charge in [-0.3, -0.25) is 4.79 Å².